The van der Waals surface area contributed by atoms with Crippen molar-refractivity contribution < 1.29 is 4.79 Å². The zero-order chi connectivity index (χ0) is 12.5. The molecule has 1 N–H and O–H groups in total. The maximum absolute atomic E-state index is 11.6. The number of rotatable bonds is 2. The lowest BCUT2D eigenvalue weighted by atomic mass is 9.79. The average Bonchev–Trinajstić information content (AvgIpc) is 2.18. The summed E-state index contributed by atoms with van der Waals surface area (Å²) in [5, 5.41) is 3.37. The minimum absolute atomic E-state index is 0.0639. The number of carbonyl (C=O) groups excluding carboxylic acids is 1. The third-order valence-electron chi connectivity index (χ3n) is 2.83. The SMILES string of the molecule is CC1(C)CC(=O)C=C(Nc2ccccc2I)C1. The highest BCUT2D eigenvalue weighted by Gasteiger charge is 2.27. The summed E-state index contributed by atoms with van der Waals surface area (Å²) in [6.45, 7) is 4.27. The van der Waals surface area contributed by atoms with Gasteiger partial charge in [0.05, 0.1) is 5.69 Å². The van der Waals surface area contributed by atoms with Crippen molar-refractivity contribution in [2.45, 2.75) is 26.7 Å². The summed E-state index contributed by atoms with van der Waals surface area (Å²) >= 11 is 2.30. The molecule has 0 spiro atoms. The minimum Gasteiger partial charge on any atom is -0.358 e. The summed E-state index contributed by atoms with van der Waals surface area (Å²) in [6.07, 6.45) is 3.31. The highest BCUT2D eigenvalue weighted by atomic mass is 127. The van der Waals surface area contributed by atoms with E-state index in [4.69, 9.17) is 0 Å². The van der Waals surface area contributed by atoms with Crippen molar-refractivity contribution in [3.63, 3.8) is 0 Å². The van der Waals surface area contributed by atoms with E-state index >= 15 is 0 Å². The fraction of sp³-hybridized carbons (Fsp3) is 0.357. The smallest absolute Gasteiger partial charge is 0.157 e. The van der Waals surface area contributed by atoms with Crippen molar-refractivity contribution in [1.82, 2.24) is 0 Å². The Labute approximate surface area is 116 Å². The predicted molar refractivity (Wildman–Crippen MR) is 78.9 cm³/mol. The van der Waals surface area contributed by atoms with E-state index in [9.17, 15) is 4.79 Å². The van der Waals surface area contributed by atoms with Crippen LogP contribution in [0.3, 0.4) is 0 Å². The van der Waals surface area contributed by atoms with E-state index in [1.807, 2.05) is 18.2 Å². The van der Waals surface area contributed by atoms with Crippen LogP contribution in [-0.2, 0) is 4.79 Å². The van der Waals surface area contributed by atoms with Gasteiger partial charge in [-0.3, -0.25) is 4.79 Å². The zero-order valence-corrected chi connectivity index (χ0v) is 12.2. The van der Waals surface area contributed by atoms with Gasteiger partial charge in [0.1, 0.15) is 0 Å². The van der Waals surface area contributed by atoms with Gasteiger partial charge in [0, 0.05) is 21.8 Å². The molecule has 1 aliphatic rings. The van der Waals surface area contributed by atoms with Crippen LogP contribution in [-0.4, -0.2) is 5.78 Å². The number of halogens is 1. The van der Waals surface area contributed by atoms with Gasteiger partial charge in [0.25, 0.3) is 0 Å². The Balaban J connectivity index is 2.20. The largest absolute Gasteiger partial charge is 0.358 e. The highest BCUT2D eigenvalue weighted by molar-refractivity contribution is 14.1. The lowest BCUT2D eigenvalue weighted by Gasteiger charge is -2.29. The number of ketones is 1. The first-order valence-electron chi connectivity index (χ1n) is 5.71. The number of carbonyl (C=O) groups is 1. The van der Waals surface area contributed by atoms with Crippen LogP contribution in [0.1, 0.15) is 26.7 Å². The summed E-state index contributed by atoms with van der Waals surface area (Å²) < 4.78 is 1.17. The molecule has 2 nitrogen and oxygen atoms in total. The van der Waals surface area contributed by atoms with Gasteiger partial charge in [-0.05, 0) is 46.6 Å². The van der Waals surface area contributed by atoms with Crippen LogP contribution in [0, 0.1) is 8.99 Å². The minimum atomic E-state index is 0.0639. The molecule has 1 aromatic rings. The molecule has 0 aromatic heterocycles. The van der Waals surface area contributed by atoms with Crippen molar-refractivity contribution >= 4 is 34.1 Å². The lowest BCUT2D eigenvalue weighted by molar-refractivity contribution is -0.117. The second kappa shape index (κ2) is 4.80. The van der Waals surface area contributed by atoms with Crippen molar-refractivity contribution in [3.05, 3.63) is 39.6 Å². The molecule has 17 heavy (non-hydrogen) atoms. The van der Waals surface area contributed by atoms with E-state index in [-0.39, 0.29) is 11.2 Å². The van der Waals surface area contributed by atoms with Crippen molar-refractivity contribution in [2.75, 3.05) is 5.32 Å². The van der Waals surface area contributed by atoms with Gasteiger partial charge in [0.2, 0.25) is 0 Å². The first-order valence-corrected chi connectivity index (χ1v) is 6.79. The Bertz CT molecular complexity index is 477. The van der Waals surface area contributed by atoms with E-state index < -0.39 is 0 Å². The lowest BCUT2D eigenvalue weighted by Crippen LogP contribution is -2.24. The molecule has 90 valence electrons. The number of anilines is 1. The highest BCUT2D eigenvalue weighted by Crippen LogP contribution is 2.34. The number of allylic oxidation sites excluding steroid dienone is 2. The predicted octanol–water partition coefficient (Wildman–Crippen LogP) is 3.98. The Morgan fingerprint density at radius 1 is 1.24 bits per heavy atom. The molecular weight excluding hydrogens is 325 g/mol. The molecule has 0 saturated carbocycles. The molecule has 0 radical (unpaired) electrons. The fourth-order valence-electron chi connectivity index (χ4n) is 2.16. The van der Waals surface area contributed by atoms with Crippen LogP contribution in [0.4, 0.5) is 5.69 Å². The maximum atomic E-state index is 11.6. The van der Waals surface area contributed by atoms with Gasteiger partial charge in [-0.25, -0.2) is 0 Å². The zero-order valence-electron chi connectivity index (χ0n) is 10.1. The second-order valence-electron chi connectivity index (χ2n) is 5.26. The third-order valence-corrected chi connectivity index (χ3v) is 3.77. The molecule has 1 aromatic carbocycles. The van der Waals surface area contributed by atoms with Gasteiger partial charge >= 0.3 is 0 Å². The van der Waals surface area contributed by atoms with Gasteiger partial charge in [-0.1, -0.05) is 26.0 Å². The summed E-state index contributed by atoms with van der Waals surface area (Å²) in [5.74, 6) is 0.217. The van der Waals surface area contributed by atoms with E-state index in [0.29, 0.717) is 6.42 Å². The number of nitrogens with one attached hydrogen (secondary N) is 1. The van der Waals surface area contributed by atoms with Crippen LogP contribution in [0.5, 0.6) is 0 Å². The maximum Gasteiger partial charge on any atom is 0.157 e. The molecule has 0 bridgehead atoms. The van der Waals surface area contributed by atoms with Gasteiger partial charge < -0.3 is 5.32 Å². The summed E-state index contributed by atoms with van der Waals surface area (Å²) in [6, 6.07) is 8.10. The molecule has 0 fully saturated rings. The molecule has 0 heterocycles. The quantitative estimate of drug-likeness (QED) is 0.825. The van der Waals surface area contributed by atoms with E-state index in [0.717, 1.165) is 17.8 Å². The molecule has 0 atom stereocenters. The number of para-hydroxylation sites is 1. The third kappa shape index (κ3) is 3.31. The van der Waals surface area contributed by atoms with E-state index in [2.05, 4.69) is 47.8 Å². The first kappa shape index (κ1) is 12.6. The number of hydrogen-bond donors (Lipinski definition) is 1. The molecular formula is C14H16INO. The second-order valence-corrected chi connectivity index (χ2v) is 6.42. The molecule has 0 aliphatic heterocycles. The van der Waals surface area contributed by atoms with Crippen molar-refractivity contribution in [1.29, 1.82) is 0 Å². The normalized spacial score (nSPS) is 18.8. The molecule has 0 unspecified atom stereocenters. The summed E-state index contributed by atoms with van der Waals surface area (Å²) in [7, 11) is 0. The Morgan fingerprint density at radius 3 is 2.59 bits per heavy atom. The first-order chi connectivity index (χ1) is 7.96. The summed E-state index contributed by atoms with van der Waals surface area (Å²) in [4.78, 5) is 11.6. The van der Waals surface area contributed by atoms with Crippen LogP contribution in [0.25, 0.3) is 0 Å². The van der Waals surface area contributed by atoms with Gasteiger partial charge in [-0.15, -0.1) is 0 Å². The number of hydrogen-bond acceptors (Lipinski definition) is 2. The Kier molecular flexibility index (Phi) is 3.56. The van der Waals surface area contributed by atoms with Crippen molar-refractivity contribution in [3.8, 4) is 0 Å². The van der Waals surface area contributed by atoms with E-state index in [1.165, 1.54) is 3.57 Å². The standard InChI is InChI=1S/C14H16INO/c1-14(2)8-10(7-11(17)9-14)16-13-6-4-3-5-12(13)15/h3-7,16H,8-9H2,1-2H3. The fourth-order valence-corrected chi connectivity index (χ4v) is 2.68. The molecule has 0 saturated heterocycles. The Hall–Kier alpha value is -0.840. The summed E-state index contributed by atoms with van der Waals surface area (Å²) in [5.41, 5.74) is 2.16. The van der Waals surface area contributed by atoms with Crippen LogP contribution in [0.2, 0.25) is 0 Å². The Morgan fingerprint density at radius 2 is 1.94 bits per heavy atom. The molecule has 1 aliphatic carbocycles. The van der Waals surface area contributed by atoms with Crippen molar-refractivity contribution in [2.24, 2.45) is 5.41 Å². The van der Waals surface area contributed by atoms with Crippen LogP contribution >= 0.6 is 22.6 Å². The number of benzene rings is 1. The van der Waals surface area contributed by atoms with E-state index in [1.54, 1.807) is 6.08 Å². The van der Waals surface area contributed by atoms with Crippen LogP contribution < -0.4 is 5.32 Å². The average molecular weight is 341 g/mol. The monoisotopic (exact) mass is 341 g/mol. The molecule has 3 heteroatoms. The molecule has 0 amide bonds. The molecule has 2 rings (SSSR count). The van der Waals surface area contributed by atoms with Gasteiger partial charge in [0.15, 0.2) is 5.78 Å². The van der Waals surface area contributed by atoms with Gasteiger partial charge in [-0.2, -0.15) is 0 Å². The topological polar surface area (TPSA) is 29.1 Å². The van der Waals surface area contributed by atoms with Crippen LogP contribution in [0.15, 0.2) is 36.0 Å².